The van der Waals surface area contributed by atoms with Gasteiger partial charge in [-0.05, 0) is 72.8 Å². The first-order chi connectivity index (χ1) is 23.6. The Morgan fingerprint density at radius 2 is 1.57 bits per heavy atom. The van der Waals surface area contributed by atoms with Crippen LogP contribution in [0.15, 0.2) is 101 Å². The molecular formula is C39H39F3N4O2S. The molecule has 0 radical (unpaired) electrons. The molecule has 3 heterocycles. The third-order valence-corrected chi connectivity index (χ3v) is 11.1. The van der Waals surface area contributed by atoms with Crippen LogP contribution in [0.5, 0.6) is 0 Å². The number of nitrogens with one attached hydrogen (secondary N) is 1. The number of hydrogen-bond donors (Lipinski definition) is 1. The van der Waals surface area contributed by atoms with E-state index in [9.17, 15) is 22.8 Å². The zero-order chi connectivity index (χ0) is 34.2. The normalized spacial score (nSPS) is 17.0. The minimum absolute atomic E-state index is 0.0643. The highest BCUT2D eigenvalue weighted by Gasteiger charge is 2.47. The van der Waals surface area contributed by atoms with Gasteiger partial charge in [-0.1, -0.05) is 84.1 Å². The third-order valence-electron chi connectivity index (χ3n) is 9.94. The van der Waals surface area contributed by atoms with E-state index in [-0.39, 0.29) is 5.91 Å². The molecule has 49 heavy (non-hydrogen) atoms. The highest BCUT2D eigenvalue weighted by Crippen LogP contribution is 2.51. The topological polar surface area (TPSA) is 55.9 Å². The molecule has 1 saturated heterocycles. The summed E-state index contributed by atoms with van der Waals surface area (Å²) >= 11 is 1.55. The summed E-state index contributed by atoms with van der Waals surface area (Å²) in [5.41, 5.74) is 5.45. The highest BCUT2D eigenvalue weighted by molar-refractivity contribution is 7.99. The van der Waals surface area contributed by atoms with Gasteiger partial charge in [-0.2, -0.15) is 13.2 Å². The van der Waals surface area contributed by atoms with Crippen LogP contribution in [0, 0.1) is 6.92 Å². The Bertz CT molecular complexity index is 1830. The molecule has 0 atom stereocenters. The summed E-state index contributed by atoms with van der Waals surface area (Å²) in [4.78, 5) is 35.6. The van der Waals surface area contributed by atoms with Crippen LogP contribution in [0.3, 0.4) is 0 Å². The van der Waals surface area contributed by atoms with Crippen LogP contribution in [0.2, 0.25) is 0 Å². The van der Waals surface area contributed by atoms with Gasteiger partial charge in [0.1, 0.15) is 12.0 Å². The molecule has 0 aliphatic carbocycles. The monoisotopic (exact) mass is 684 g/mol. The lowest BCUT2D eigenvalue weighted by molar-refractivity contribution is -0.141. The van der Waals surface area contributed by atoms with Crippen LogP contribution in [-0.2, 0) is 23.3 Å². The van der Waals surface area contributed by atoms with E-state index in [0.29, 0.717) is 25.9 Å². The molecule has 0 aromatic heterocycles. The zero-order valence-electron chi connectivity index (χ0n) is 27.4. The van der Waals surface area contributed by atoms with Gasteiger partial charge in [-0.15, -0.1) is 0 Å². The molecule has 4 aromatic rings. The Labute approximate surface area is 289 Å². The summed E-state index contributed by atoms with van der Waals surface area (Å²) in [5, 5.41) is 2.24. The van der Waals surface area contributed by atoms with Crippen LogP contribution in [-0.4, -0.2) is 67.1 Å². The predicted molar refractivity (Wildman–Crippen MR) is 186 cm³/mol. The molecule has 4 aromatic carbocycles. The molecule has 2 amide bonds. The predicted octanol–water partition coefficient (Wildman–Crippen LogP) is 7.18. The Kier molecular flexibility index (Phi) is 9.19. The molecule has 254 valence electrons. The van der Waals surface area contributed by atoms with E-state index < -0.39 is 24.0 Å². The molecule has 3 aliphatic heterocycles. The molecule has 3 aliphatic rings. The van der Waals surface area contributed by atoms with Crippen molar-refractivity contribution >= 4 is 29.3 Å². The highest BCUT2D eigenvalue weighted by atomic mass is 32.2. The van der Waals surface area contributed by atoms with Crippen molar-refractivity contribution < 1.29 is 22.8 Å². The van der Waals surface area contributed by atoms with E-state index in [4.69, 9.17) is 0 Å². The molecule has 0 saturated carbocycles. The van der Waals surface area contributed by atoms with Gasteiger partial charge in [0.05, 0.1) is 0 Å². The first-order valence-electron chi connectivity index (χ1n) is 16.8. The molecule has 1 N–H and O–H groups in total. The summed E-state index contributed by atoms with van der Waals surface area (Å²) in [6.45, 7) is 5.80. The SMILES string of the molecule is Cc1cccc(CN2Cc3ccc(N4CCN(CCCC5(C(=O)NCC(F)(F)F)c6ccccc6Sc6ccccc65)CC4)cc3C2=O)c1. The van der Waals surface area contributed by atoms with Crippen molar-refractivity contribution in [3.05, 3.63) is 124 Å². The smallest absolute Gasteiger partial charge is 0.369 e. The van der Waals surface area contributed by atoms with Gasteiger partial charge >= 0.3 is 6.18 Å². The number of piperazine rings is 1. The van der Waals surface area contributed by atoms with Crippen LogP contribution >= 0.6 is 11.8 Å². The van der Waals surface area contributed by atoms with Gasteiger partial charge in [-0.25, -0.2) is 0 Å². The van der Waals surface area contributed by atoms with Crippen molar-refractivity contribution in [3.63, 3.8) is 0 Å². The second-order valence-corrected chi connectivity index (χ2v) is 14.3. The van der Waals surface area contributed by atoms with Gasteiger partial charge in [-0.3, -0.25) is 14.5 Å². The number of nitrogens with zero attached hydrogens (tertiary/aromatic N) is 3. The number of alkyl halides is 3. The summed E-state index contributed by atoms with van der Waals surface area (Å²) in [6.07, 6.45) is -3.49. The zero-order valence-corrected chi connectivity index (χ0v) is 28.2. The number of rotatable bonds is 9. The fourth-order valence-electron chi connectivity index (χ4n) is 7.54. The molecule has 0 unspecified atom stereocenters. The molecule has 6 nitrogen and oxygen atoms in total. The van der Waals surface area contributed by atoms with E-state index in [1.807, 2.05) is 65.6 Å². The Balaban J connectivity index is 1.01. The molecule has 0 spiro atoms. The van der Waals surface area contributed by atoms with E-state index in [1.54, 1.807) is 11.8 Å². The van der Waals surface area contributed by atoms with Crippen molar-refractivity contribution in [2.75, 3.05) is 44.2 Å². The lowest BCUT2D eigenvalue weighted by Crippen LogP contribution is -2.50. The van der Waals surface area contributed by atoms with Crippen LogP contribution < -0.4 is 10.2 Å². The number of halogens is 3. The summed E-state index contributed by atoms with van der Waals surface area (Å²) in [6, 6.07) is 29.6. The quantitative estimate of drug-likeness (QED) is 0.203. The minimum Gasteiger partial charge on any atom is -0.369 e. The summed E-state index contributed by atoms with van der Waals surface area (Å²) in [7, 11) is 0. The first kappa shape index (κ1) is 33.2. The van der Waals surface area contributed by atoms with Crippen molar-refractivity contribution in [1.29, 1.82) is 0 Å². The van der Waals surface area contributed by atoms with Crippen molar-refractivity contribution in [2.24, 2.45) is 0 Å². The number of fused-ring (bicyclic) bond motifs is 3. The second kappa shape index (κ2) is 13.6. The maximum atomic E-state index is 13.9. The lowest BCUT2D eigenvalue weighted by atomic mass is 9.70. The largest absolute Gasteiger partial charge is 0.405 e. The maximum Gasteiger partial charge on any atom is 0.405 e. The summed E-state index contributed by atoms with van der Waals surface area (Å²) in [5.74, 6) is -0.548. The minimum atomic E-state index is -4.51. The number of carbonyl (C=O) groups is 2. The van der Waals surface area contributed by atoms with Gasteiger partial charge < -0.3 is 15.1 Å². The number of benzene rings is 4. The molecular weight excluding hydrogens is 646 g/mol. The number of anilines is 1. The van der Waals surface area contributed by atoms with Crippen molar-refractivity contribution in [1.82, 2.24) is 15.1 Å². The number of hydrogen-bond acceptors (Lipinski definition) is 5. The average Bonchev–Trinajstić information content (AvgIpc) is 3.40. The number of aryl methyl sites for hydroxylation is 1. The van der Waals surface area contributed by atoms with Crippen LogP contribution in [0.1, 0.15) is 51.0 Å². The molecule has 1 fully saturated rings. The molecule has 7 rings (SSSR count). The number of carbonyl (C=O) groups excluding carboxylic acids is 2. The van der Waals surface area contributed by atoms with E-state index in [1.165, 1.54) is 5.56 Å². The molecule has 0 bridgehead atoms. The van der Waals surface area contributed by atoms with Gasteiger partial charge in [0, 0.05) is 60.3 Å². The Morgan fingerprint density at radius 3 is 2.24 bits per heavy atom. The third kappa shape index (κ3) is 6.81. The van der Waals surface area contributed by atoms with E-state index in [2.05, 4.69) is 52.4 Å². The van der Waals surface area contributed by atoms with Gasteiger partial charge in [0.2, 0.25) is 5.91 Å². The molecule has 10 heteroatoms. The van der Waals surface area contributed by atoms with E-state index >= 15 is 0 Å². The number of amides is 2. The maximum absolute atomic E-state index is 13.9. The summed E-state index contributed by atoms with van der Waals surface area (Å²) < 4.78 is 39.9. The van der Waals surface area contributed by atoms with Gasteiger partial charge in [0.15, 0.2) is 0 Å². The van der Waals surface area contributed by atoms with Gasteiger partial charge in [0.25, 0.3) is 5.91 Å². The Hall–Kier alpha value is -4.28. The first-order valence-corrected chi connectivity index (χ1v) is 17.6. The fraction of sp³-hybridized carbons (Fsp3) is 0.333. The Morgan fingerprint density at radius 1 is 0.878 bits per heavy atom. The average molecular weight is 685 g/mol. The van der Waals surface area contributed by atoms with Crippen molar-refractivity contribution in [2.45, 2.75) is 54.2 Å². The van der Waals surface area contributed by atoms with Crippen LogP contribution in [0.25, 0.3) is 0 Å². The standard InChI is InChI=1S/C39H39F3N4O2S/c1-27-8-6-9-28(22-27)24-46-25-29-14-15-30(23-31(29)36(46)47)45-20-18-44(19-21-45)17-7-16-38(37(48)43-26-39(40,41)42)32-10-2-4-12-34(32)49-35-13-5-3-11-33(35)38/h2-6,8-15,22-23H,7,16-21,24-26H2,1H3,(H,43,48). The van der Waals surface area contributed by atoms with E-state index in [0.717, 1.165) is 76.0 Å². The van der Waals surface area contributed by atoms with Crippen molar-refractivity contribution in [3.8, 4) is 0 Å². The van der Waals surface area contributed by atoms with Crippen LogP contribution in [0.4, 0.5) is 18.9 Å². The second-order valence-electron chi connectivity index (χ2n) is 13.2. The fourth-order valence-corrected chi connectivity index (χ4v) is 8.78. The lowest BCUT2D eigenvalue weighted by Gasteiger charge is -2.40.